The SMILES string of the molecule is CC(C)Nc1ccc(B2OC(C)(C)C(C)(C)O2)cc1F.CN(C)c1ccc(B2OC(C)(C)C(C)(C)O2)cc1F.CN(C)c1ccc(Br)cc1F.CN(C)c1ccc(N)cc1F.CN(C)c1ccc([N+](=O)[O-])cc1F. The van der Waals surface area contributed by atoms with Gasteiger partial charge in [0.1, 0.15) is 23.3 Å². The summed E-state index contributed by atoms with van der Waals surface area (Å²) in [7, 11) is 13.1. The fourth-order valence-electron chi connectivity index (χ4n) is 6.80. The van der Waals surface area contributed by atoms with E-state index in [-0.39, 0.29) is 35.0 Å². The quantitative estimate of drug-likeness (QED) is 0.0479. The van der Waals surface area contributed by atoms with Crippen LogP contribution < -0.4 is 41.6 Å². The number of non-ortho nitro benzene ring substituents is 1. The van der Waals surface area contributed by atoms with Crippen molar-refractivity contribution in [3.63, 3.8) is 0 Å². The standard InChI is InChI=1S/C15H23BFNO2.C14H21BFNO2.C8H9BrFN.C8H9FN2O2.C8H11FN2/c1-10(2)18-13-8-7-11(9-12(13)17)16-19-14(3,4)15(5,6)20-16;1-13(2)14(3,4)19-15(18-13)10-7-8-12(17(5)6)11(16)9-10;1-11(2)8-4-3-6(9)5-7(8)10;1-10(2)8-4-3-6(11(12)13)5-7(8)9;1-11(2)8-4-3-6(10)5-7(8)9/h7-10,18H,1-6H3;7-9H,1-6H3;3-5H,1-2H3;3-5H,1-2H3;3-5H,10H2,1-2H3. The molecule has 3 N–H and O–H groups in total. The van der Waals surface area contributed by atoms with Gasteiger partial charge in [0.25, 0.3) is 5.69 Å². The molecule has 2 heterocycles. The van der Waals surface area contributed by atoms with Crippen LogP contribution in [0.5, 0.6) is 0 Å². The predicted octanol–water partition coefficient (Wildman–Crippen LogP) is 11.1. The molecule has 0 bridgehead atoms. The number of hydrogen-bond donors (Lipinski definition) is 2. The van der Waals surface area contributed by atoms with Crippen LogP contribution in [0.25, 0.3) is 0 Å². The summed E-state index contributed by atoms with van der Waals surface area (Å²) in [5.41, 5.74) is 7.91. The molecule has 0 aromatic heterocycles. The van der Waals surface area contributed by atoms with E-state index in [4.69, 9.17) is 24.4 Å². The average molecular weight is 1100 g/mol. The zero-order chi connectivity index (χ0) is 56.4. The summed E-state index contributed by atoms with van der Waals surface area (Å²) in [5.74, 6) is -1.62. The van der Waals surface area contributed by atoms with E-state index in [1.165, 1.54) is 36.4 Å². The van der Waals surface area contributed by atoms with Gasteiger partial charge in [-0.15, -0.1) is 0 Å². The minimum atomic E-state index is -0.622. The van der Waals surface area contributed by atoms with E-state index >= 15 is 0 Å². The molecular formula is C53H73B2BrF5N7O6. The number of hydrogen-bond acceptors (Lipinski definition) is 12. The van der Waals surface area contributed by atoms with Crippen molar-refractivity contribution >= 4 is 80.9 Å². The van der Waals surface area contributed by atoms with Crippen LogP contribution in [0.1, 0.15) is 69.2 Å². The van der Waals surface area contributed by atoms with Crippen molar-refractivity contribution in [3.05, 3.63) is 135 Å². The van der Waals surface area contributed by atoms with Crippen molar-refractivity contribution in [2.75, 3.05) is 87.0 Å². The highest BCUT2D eigenvalue weighted by atomic mass is 79.9. The van der Waals surface area contributed by atoms with E-state index in [9.17, 15) is 32.1 Å². The summed E-state index contributed by atoms with van der Waals surface area (Å²) >= 11 is 3.19. The monoisotopic (exact) mass is 1100 g/mol. The minimum Gasteiger partial charge on any atom is -0.399 e. The lowest BCUT2D eigenvalue weighted by atomic mass is 9.79. The van der Waals surface area contributed by atoms with Crippen molar-refractivity contribution < 1.29 is 45.5 Å². The number of rotatable bonds is 9. The molecule has 0 spiro atoms. The first kappa shape index (κ1) is 62.7. The molecule has 2 fully saturated rings. The Morgan fingerprint density at radius 3 is 1.20 bits per heavy atom. The van der Waals surface area contributed by atoms with Crippen LogP contribution in [0.4, 0.5) is 61.8 Å². The highest BCUT2D eigenvalue weighted by Gasteiger charge is 2.53. The Labute approximate surface area is 444 Å². The molecular weight excluding hydrogens is 1030 g/mol. The molecule has 21 heteroatoms. The number of halogens is 6. The number of nitrogen functional groups attached to an aromatic ring is 1. The van der Waals surface area contributed by atoms with Crippen molar-refractivity contribution in [2.45, 2.75) is 97.7 Å². The number of anilines is 6. The van der Waals surface area contributed by atoms with Crippen molar-refractivity contribution in [1.82, 2.24) is 0 Å². The van der Waals surface area contributed by atoms with Gasteiger partial charge >= 0.3 is 14.2 Å². The van der Waals surface area contributed by atoms with Gasteiger partial charge in [0.15, 0.2) is 5.82 Å². The van der Waals surface area contributed by atoms with Gasteiger partial charge < -0.3 is 49.3 Å². The van der Waals surface area contributed by atoms with E-state index in [0.29, 0.717) is 45.0 Å². The van der Waals surface area contributed by atoms with Crippen LogP contribution in [0, 0.1) is 39.2 Å². The Hall–Kier alpha value is -5.60. The molecule has 0 amide bonds. The van der Waals surface area contributed by atoms with E-state index in [1.54, 1.807) is 78.1 Å². The molecule has 74 heavy (non-hydrogen) atoms. The van der Waals surface area contributed by atoms with E-state index in [0.717, 1.165) is 10.5 Å². The second kappa shape index (κ2) is 25.8. The maximum absolute atomic E-state index is 14.1. The molecule has 0 saturated carbocycles. The second-order valence-electron chi connectivity index (χ2n) is 20.7. The summed E-state index contributed by atoms with van der Waals surface area (Å²) in [6, 6.07) is 23.5. The molecule has 0 radical (unpaired) electrons. The topological polar surface area (TPSA) is 131 Å². The number of nitrogens with two attached hydrogens (primary N) is 1. The van der Waals surface area contributed by atoms with Crippen LogP contribution in [0.3, 0.4) is 0 Å². The Bertz CT molecular complexity index is 2590. The predicted molar refractivity (Wildman–Crippen MR) is 298 cm³/mol. The first-order valence-corrected chi connectivity index (χ1v) is 24.5. The molecule has 2 aliphatic rings. The summed E-state index contributed by atoms with van der Waals surface area (Å²) in [6.07, 6.45) is 0. The molecule has 7 rings (SSSR count). The molecule has 2 saturated heterocycles. The molecule has 0 unspecified atom stereocenters. The highest BCUT2D eigenvalue weighted by Crippen LogP contribution is 2.38. The van der Waals surface area contributed by atoms with Crippen LogP contribution in [-0.4, -0.2) is 104 Å². The number of benzene rings is 5. The van der Waals surface area contributed by atoms with Crippen LogP contribution in [0.2, 0.25) is 0 Å². The molecule has 5 aromatic carbocycles. The van der Waals surface area contributed by atoms with Crippen LogP contribution in [-0.2, 0) is 18.6 Å². The zero-order valence-corrected chi connectivity index (χ0v) is 47.5. The molecule has 13 nitrogen and oxygen atoms in total. The smallest absolute Gasteiger partial charge is 0.399 e. The lowest BCUT2D eigenvalue weighted by molar-refractivity contribution is -0.385. The Balaban J connectivity index is 0.000000250. The highest BCUT2D eigenvalue weighted by molar-refractivity contribution is 9.10. The van der Waals surface area contributed by atoms with Crippen molar-refractivity contribution in [1.29, 1.82) is 0 Å². The number of nitrogens with one attached hydrogen (secondary N) is 1. The lowest BCUT2D eigenvalue weighted by Crippen LogP contribution is -2.41. The second-order valence-corrected chi connectivity index (χ2v) is 21.6. The third-order valence-corrected chi connectivity index (χ3v) is 12.9. The van der Waals surface area contributed by atoms with Gasteiger partial charge in [-0.05, 0) is 147 Å². The Morgan fingerprint density at radius 1 is 0.527 bits per heavy atom. The van der Waals surface area contributed by atoms with Crippen LogP contribution >= 0.6 is 15.9 Å². The fraction of sp³-hybridized carbons (Fsp3) is 0.434. The number of nitro benzene ring substituents is 1. The molecule has 404 valence electrons. The fourth-order valence-corrected chi connectivity index (χ4v) is 7.13. The van der Waals surface area contributed by atoms with Gasteiger partial charge in [-0.25, -0.2) is 22.0 Å². The normalized spacial score (nSPS) is 15.5. The van der Waals surface area contributed by atoms with E-state index in [2.05, 4.69) is 21.2 Å². The average Bonchev–Trinajstić information content (AvgIpc) is 3.63. The van der Waals surface area contributed by atoms with Gasteiger partial charge in [0.2, 0.25) is 0 Å². The maximum atomic E-state index is 14.1. The maximum Gasteiger partial charge on any atom is 0.494 e. The first-order valence-electron chi connectivity index (χ1n) is 23.7. The van der Waals surface area contributed by atoms with Gasteiger partial charge in [0.05, 0.1) is 61.8 Å². The van der Waals surface area contributed by atoms with Crippen LogP contribution in [0.15, 0.2) is 95.5 Å². The molecule has 0 atom stereocenters. The largest absolute Gasteiger partial charge is 0.494 e. The lowest BCUT2D eigenvalue weighted by Gasteiger charge is -2.32. The van der Waals surface area contributed by atoms with Gasteiger partial charge in [-0.1, -0.05) is 28.1 Å². The third-order valence-electron chi connectivity index (χ3n) is 12.4. The summed E-state index contributed by atoms with van der Waals surface area (Å²) in [5, 5.41) is 13.3. The number of nitro groups is 1. The van der Waals surface area contributed by atoms with Gasteiger partial charge in [-0.2, -0.15) is 0 Å². The first-order chi connectivity index (χ1) is 34.0. The van der Waals surface area contributed by atoms with Crippen molar-refractivity contribution in [3.8, 4) is 0 Å². The number of nitrogens with zero attached hydrogens (tertiary/aromatic N) is 5. The molecule has 2 aliphatic heterocycles. The van der Waals surface area contributed by atoms with Gasteiger partial charge in [-0.3, -0.25) is 10.1 Å². The summed E-state index contributed by atoms with van der Waals surface area (Å²) < 4.78 is 91.6. The van der Waals surface area contributed by atoms with Crippen molar-refractivity contribution in [2.24, 2.45) is 0 Å². The summed E-state index contributed by atoms with van der Waals surface area (Å²) in [6.45, 7) is 19.8. The third kappa shape index (κ3) is 17.0. The molecule has 5 aromatic rings. The van der Waals surface area contributed by atoms with Gasteiger partial charge in [0, 0.05) is 78.6 Å². The van der Waals surface area contributed by atoms with E-state index < -0.39 is 47.4 Å². The summed E-state index contributed by atoms with van der Waals surface area (Å²) in [4.78, 5) is 16.4. The van der Waals surface area contributed by atoms with E-state index in [1.807, 2.05) is 116 Å². The Kier molecular flexibility index (Phi) is 21.8. The Morgan fingerprint density at radius 2 is 0.865 bits per heavy atom. The zero-order valence-electron chi connectivity index (χ0n) is 45.9. The molecule has 0 aliphatic carbocycles. The minimum absolute atomic E-state index is 0.187.